The van der Waals surface area contributed by atoms with E-state index >= 15 is 0 Å². The minimum atomic E-state index is -0.800. The maximum atomic E-state index is 10.5. The number of hydrogen-bond donors (Lipinski definition) is 1. The minimum absolute atomic E-state index is 0.109. The summed E-state index contributed by atoms with van der Waals surface area (Å²) < 4.78 is 5.60. The zero-order valence-electron chi connectivity index (χ0n) is 10.3. The van der Waals surface area contributed by atoms with Gasteiger partial charge >= 0.3 is 5.97 Å². The molecular weight excluding hydrogens is 228 g/mol. The van der Waals surface area contributed by atoms with Crippen LogP contribution in [-0.2, 0) is 17.6 Å². The summed E-state index contributed by atoms with van der Waals surface area (Å²) in [6.07, 6.45) is 1.30. The van der Waals surface area contributed by atoms with Gasteiger partial charge in [0, 0.05) is 12.8 Å². The van der Waals surface area contributed by atoms with Crippen LogP contribution in [0.25, 0.3) is 0 Å². The smallest absolute Gasteiger partial charge is 0.303 e. The lowest BCUT2D eigenvalue weighted by atomic mass is 10.1. The summed E-state index contributed by atoms with van der Waals surface area (Å²) in [5.41, 5.74) is 2.43. The van der Waals surface area contributed by atoms with Gasteiger partial charge in [0.15, 0.2) is 0 Å². The topological polar surface area (TPSA) is 50.4 Å². The van der Waals surface area contributed by atoms with E-state index in [1.165, 1.54) is 11.1 Å². The van der Waals surface area contributed by atoms with Crippen molar-refractivity contribution in [3.8, 4) is 0 Å². The molecule has 0 atom stereocenters. The molecule has 1 heterocycles. The number of benzene rings is 1. The highest BCUT2D eigenvalue weighted by atomic mass is 16.4. The van der Waals surface area contributed by atoms with Crippen molar-refractivity contribution in [2.75, 3.05) is 0 Å². The van der Waals surface area contributed by atoms with Crippen molar-refractivity contribution in [3.05, 3.63) is 59.0 Å². The number of rotatable bonds is 5. The lowest BCUT2D eigenvalue weighted by molar-refractivity contribution is -0.137. The van der Waals surface area contributed by atoms with Gasteiger partial charge < -0.3 is 9.52 Å². The largest absolute Gasteiger partial charge is 0.481 e. The average molecular weight is 244 g/mol. The average Bonchev–Trinajstić information content (AvgIpc) is 2.77. The Hall–Kier alpha value is -2.03. The van der Waals surface area contributed by atoms with Crippen molar-refractivity contribution in [3.63, 3.8) is 0 Å². The van der Waals surface area contributed by atoms with Crippen LogP contribution < -0.4 is 0 Å². The fraction of sp³-hybridized carbons (Fsp3) is 0.267. The van der Waals surface area contributed by atoms with Gasteiger partial charge in [-0.15, -0.1) is 0 Å². The molecule has 0 unspecified atom stereocenters. The van der Waals surface area contributed by atoms with E-state index in [0.29, 0.717) is 6.42 Å². The number of aryl methyl sites for hydroxylation is 2. The molecule has 1 aromatic heterocycles. The Morgan fingerprint density at radius 2 is 1.78 bits per heavy atom. The molecule has 2 aromatic rings. The van der Waals surface area contributed by atoms with Crippen LogP contribution in [0.15, 0.2) is 40.8 Å². The normalized spacial score (nSPS) is 10.5. The van der Waals surface area contributed by atoms with E-state index in [9.17, 15) is 4.79 Å². The molecule has 3 heteroatoms. The number of aliphatic carboxylic acids is 1. The van der Waals surface area contributed by atoms with Crippen molar-refractivity contribution >= 4 is 5.97 Å². The fourth-order valence-corrected chi connectivity index (χ4v) is 1.79. The second-order valence-corrected chi connectivity index (χ2v) is 4.42. The first-order chi connectivity index (χ1) is 8.63. The fourth-order valence-electron chi connectivity index (χ4n) is 1.79. The highest BCUT2D eigenvalue weighted by molar-refractivity contribution is 5.66. The lowest BCUT2D eigenvalue weighted by Gasteiger charge is -1.99. The third-order valence-electron chi connectivity index (χ3n) is 2.80. The number of carboxylic acid groups (broad SMARTS) is 1. The van der Waals surface area contributed by atoms with E-state index in [1.54, 1.807) is 0 Å². The Balaban J connectivity index is 1.97. The molecule has 0 radical (unpaired) electrons. The maximum Gasteiger partial charge on any atom is 0.303 e. The zero-order valence-corrected chi connectivity index (χ0v) is 10.3. The van der Waals surface area contributed by atoms with E-state index in [0.717, 1.165) is 17.9 Å². The Morgan fingerprint density at radius 3 is 2.44 bits per heavy atom. The lowest BCUT2D eigenvalue weighted by Crippen LogP contribution is -1.96. The van der Waals surface area contributed by atoms with Crippen molar-refractivity contribution < 1.29 is 14.3 Å². The van der Waals surface area contributed by atoms with E-state index in [-0.39, 0.29) is 6.42 Å². The van der Waals surface area contributed by atoms with Crippen LogP contribution in [0.1, 0.15) is 29.1 Å². The van der Waals surface area contributed by atoms with Crippen LogP contribution >= 0.6 is 0 Å². The number of carbonyl (C=O) groups is 1. The minimum Gasteiger partial charge on any atom is -0.481 e. The summed E-state index contributed by atoms with van der Waals surface area (Å²) in [5.74, 6) is 0.810. The standard InChI is InChI=1S/C15H16O3/c1-11-2-4-12(5-3-11)10-14-7-6-13(18-14)8-9-15(16)17/h2-7H,8-10H2,1H3,(H,16,17). The summed E-state index contributed by atoms with van der Waals surface area (Å²) in [5, 5.41) is 8.60. The molecule has 2 rings (SSSR count). The number of carboxylic acids is 1. The van der Waals surface area contributed by atoms with Crippen molar-refractivity contribution in [1.29, 1.82) is 0 Å². The summed E-state index contributed by atoms with van der Waals surface area (Å²) in [6.45, 7) is 2.06. The molecule has 0 aliphatic rings. The highest BCUT2D eigenvalue weighted by Crippen LogP contribution is 2.15. The van der Waals surface area contributed by atoms with Gasteiger partial charge in [-0.05, 0) is 24.6 Å². The van der Waals surface area contributed by atoms with Crippen molar-refractivity contribution in [2.45, 2.75) is 26.2 Å². The van der Waals surface area contributed by atoms with E-state index < -0.39 is 5.97 Å². The molecule has 0 saturated heterocycles. The van der Waals surface area contributed by atoms with Gasteiger partial charge in [-0.25, -0.2) is 0 Å². The molecule has 0 amide bonds. The molecule has 94 valence electrons. The van der Waals surface area contributed by atoms with Crippen LogP contribution in [0.3, 0.4) is 0 Å². The van der Waals surface area contributed by atoms with Crippen molar-refractivity contribution in [1.82, 2.24) is 0 Å². The van der Waals surface area contributed by atoms with E-state index in [1.807, 2.05) is 12.1 Å². The second-order valence-electron chi connectivity index (χ2n) is 4.42. The first-order valence-corrected chi connectivity index (χ1v) is 5.98. The van der Waals surface area contributed by atoms with Gasteiger partial charge in [0.2, 0.25) is 0 Å². The predicted octanol–water partition coefficient (Wildman–Crippen LogP) is 3.20. The number of furan rings is 1. The highest BCUT2D eigenvalue weighted by Gasteiger charge is 2.05. The Kier molecular flexibility index (Phi) is 3.82. The molecule has 0 fully saturated rings. The molecule has 3 nitrogen and oxygen atoms in total. The molecule has 18 heavy (non-hydrogen) atoms. The molecule has 0 bridgehead atoms. The zero-order chi connectivity index (χ0) is 13.0. The first kappa shape index (κ1) is 12.4. The van der Waals surface area contributed by atoms with Gasteiger partial charge in [0.25, 0.3) is 0 Å². The van der Waals surface area contributed by atoms with Gasteiger partial charge in [-0.3, -0.25) is 4.79 Å². The molecule has 0 aliphatic heterocycles. The molecule has 1 N–H and O–H groups in total. The molecule has 0 saturated carbocycles. The predicted molar refractivity (Wildman–Crippen MR) is 68.6 cm³/mol. The SMILES string of the molecule is Cc1ccc(Cc2ccc(CCC(=O)O)o2)cc1. The summed E-state index contributed by atoms with van der Waals surface area (Å²) in [7, 11) is 0. The third-order valence-corrected chi connectivity index (χ3v) is 2.80. The van der Waals surface area contributed by atoms with Gasteiger partial charge in [0.05, 0.1) is 6.42 Å². The van der Waals surface area contributed by atoms with Crippen molar-refractivity contribution in [2.24, 2.45) is 0 Å². The summed E-state index contributed by atoms with van der Waals surface area (Å²) >= 11 is 0. The third kappa shape index (κ3) is 3.48. The molecule has 0 spiro atoms. The van der Waals surface area contributed by atoms with E-state index in [2.05, 4.69) is 31.2 Å². The first-order valence-electron chi connectivity index (χ1n) is 5.98. The monoisotopic (exact) mass is 244 g/mol. The Bertz CT molecular complexity index is 523. The molecule has 1 aromatic carbocycles. The van der Waals surface area contributed by atoms with E-state index in [4.69, 9.17) is 9.52 Å². The molecule has 0 aliphatic carbocycles. The van der Waals surface area contributed by atoms with Crippen LogP contribution in [0, 0.1) is 6.92 Å². The van der Waals surface area contributed by atoms with Gasteiger partial charge in [0.1, 0.15) is 11.5 Å². The van der Waals surface area contributed by atoms with Gasteiger partial charge in [-0.2, -0.15) is 0 Å². The Morgan fingerprint density at radius 1 is 1.11 bits per heavy atom. The quantitative estimate of drug-likeness (QED) is 0.878. The summed E-state index contributed by atoms with van der Waals surface area (Å²) in [4.78, 5) is 10.5. The molecular formula is C15H16O3. The maximum absolute atomic E-state index is 10.5. The number of hydrogen-bond acceptors (Lipinski definition) is 2. The second kappa shape index (κ2) is 5.54. The Labute approximate surface area is 106 Å². The van der Waals surface area contributed by atoms with Gasteiger partial charge in [-0.1, -0.05) is 29.8 Å². The van der Waals surface area contributed by atoms with Crippen LogP contribution in [-0.4, -0.2) is 11.1 Å². The summed E-state index contributed by atoms with van der Waals surface area (Å²) in [6, 6.07) is 12.1. The van der Waals surface area contributed by atoms with Crippen LogP contribution in [0.2, 0.25) is 0 Å². The van der Waals surface area contributed by atoms with Crippen LogP contribution in [0.4, 0.5) is 0 Å². The van der Waals surface area contributed by atoms with Crippen LogP contribution in [0.5, 0.6) is 0 Å².